The summed E-state index contributed by atoms with van der Waals surface area (Å²) in [5.41, 5.74) is 1.17. The van der Waals surface area contributed by atoms with Gasteiger partial charge in [-0.25, -0.2) is 0 Å². The molecule has 1 heterocycles. The first-order valence-corrected chi connectivity index (χ1v) is 2.74. The third-order valence-corrected chi connectivity index (χ3v) is 1.04. The van der Waals surface area contributed by atoms with Gasteiger partial charge in [0.1, 0.15) is 0 Å². The summed E-state index contributed by atoms with van der Waals surface area (Å²) in [5, 5.41) is 0. The van der Waals surface area contributed by atoms with Crippen LogP contribution in [0.1, 0.15) is 12.5 Å². The summed E-state index contributed by atoms with van der Waals surface area (Å²) in [5.74, 6) is 0. The van der Waals surface area contributed by atoms with Crippen molar-refractivity contribution in [2.75, 3.05) is 0 Å². The quantitative estimate of drug-likeness (QED) is 0.490. The van der Waals surface area contributed by atoms with Crippen molar-refractivity contribution in [1.29, 1.82) is 0 Å². The van der Waals surface area contributed by atoms with Crippen LogP contribution in [0.25, 0.3) is 0 Å². The zero-order chi connectivity index (χ0) is 5.82. The molecule has 42 valence electrons. The summed E-state index contributed by atoms with van der Waals surface area (Å²) in [4.78, 5) is 3.92. The van der Waals surface area contributed by atoms with Crippen LogP contribution in [-0.2, 0) is 6.42 Å². The molecule has 0 saturated heterocycles. The smallest absolute Gasteiger partial charge is 0.391 e. The number of hydrogen-bond donors (Lipinski definition) is 0. The van der Waals surface area contributed by atoms with Crippen LogP contribution >= 0.6 is 0 Å². The van der Waals surface area contributed by atoms with Crippen LogP contribution in [0.2, 0.25) is 0 Å². The van der Waals surface area contributed by atoms with Crippen molar-refractivity contribution in [2.45, 2.75) is 13.3 Å². The van der Waals surface area contributed by atoms with Crippen molar-refractivity contribution in [3.8, 4) is 0 Å². The Bertz CT molecular complexity index is 150. The van der Waals surface area contributed by atoms with Gasteiger partial charge in [0.2, 0.25) is 0 Å². The first-order valence-electron chi connectivity index (χ1n) is 2.74. The molecule has 0 aliphatic rings. The Balaban J connectivity index is 0.000000640. The molecule has 0 amide bonds. The van der Waals surface area contributed by atoms with E-state index in [9.17, 15) is 0 Å². The third-order valence-electron chi connectivity index (χ3n) is 1.04. The normalized spacial score (nSPS) is 8.11. The van der Waals surface area contributed by atoms with Crippen LogP contribution in [0, 0.1) is 6.07 Å². The van der Waals surface area contributed by atoms with Crippen molar-refractivity contribution in [2.24, 2.45) is 0 Å². The number of nitrogens with zero attached hydrogens (tertiary/aromatic N) is 1. The minimum Gasteiger partial charge on any atom is -0.391 e. The van der Waals surface area contributed by atoms with Crippen molar-refractivity contribution in [1.82, 2.24) is 4.98 Å². The summed E-state index contributed by atoms with van der Waals surface area (Å²) < 4.78 is 0. The number of rotatable bonds is 1. The molecule has 0 saturated carbocycles. The van der Waals surface area contributed by atoms with Crippen LogP contribution in [-0.4, -0.2) is 4.98 Å². The molecule has 1 nitrogen and oxygen atoms in total. The van der Waals surface area contributed by atoms with Gasteiger partial charge in [-0.2, -0.15) is 12.1 Å². The molecule has 0 aliphatic heterocycles. The maximum atomic E-state index is 3.92. The predicted molar refractivity (Wildman–Crippen MR) is 32.5 cm³/mol. The van der Waals surface area contributed by atoms with Crippen molar-refractivity contribution < 1.29 is 58.2 Å². The third kappa shape index (κ3) is 3.61. The van der Waals surface area contributed by atoms with Crippen molar-refractivity contribution in [3.05, 3.63) is 30.1 Å². The molecule has 0 radical (unpaired) electrons. The molecule has 0 N–H and O–H groups in total. The molecule has 1 aromatic heterocycles. The van der Waals surface area contributed by atoms with Gasteiger partial charge in [-0.1, -0.05) is 25.7 Å². The summed E-state index contributed by atoms with van der Waals surface area (Å²) >= 11 is 0. The molecular weight excluding hydrogens is 184 g/mol. The Morgan fingerprint density at radius 1 is 1.67 bits per heavy atom. The molecule has 0 unspecified atom stereocenters. The standard InChI is InChI=1S/C7H8N.Rb/c1-2-7-4-3-5-8-6-7;/h3,5-6H,2H2,1H3;/q-1;+1. The van der Waals surface area contributed by atoms with Crippen LogP contribution in [0.4, 0.5) is 0 Å². The Kier molecular flexibility index (Phi) is 6.33. The van der Waals surface area contributed by atoms with Crippen LogP contribution in [0.3, 0.4) is 0 Å². The average molecular weight is 192 g/mol. The number of aromatic nitrogens is 1. The van der Waals surface area contributed by atoms with Gasteiger partial charge in [-0.15, -0.1) is 5.56 Å². The molecule has 1 rings (SSSR count). The minimum absolute atomic E-state index is 0. The molecule has 0 aliphatic carbocycles. The summed E-state index contributed by atoms with van der Waals surface area (Å²) in [6, 6.07) is 4.89. The van der Waals surface area contributed by atoms with Gasteiger partial charge in [0.25, 0.3) is 0 Å². The second kappa shape index (κ2) is 5.72. The summed E-state index contributed by atoms with van der Waals surface area (Å²) in [6.07, 6.45) is 4.59. The molecule has 2 heteroatoms. The van der Waals surface area contributed by atoms with E-state index in [1.54, 1.807) is 6.20 Å². The SMILES string of the molecule is CCc1[c-]ccnc1.[Rb+]. The second-order valence-electron chi connectivity index (χ2n) is 1.62. The minimum atomic E-state index is 0. The number of hydrogen-bond acceptors (Lipinski definition) is 1. The summed E-state index contributed by atoms with van der Waals surface area (Å²) in [6.45, 7) is 2.09. The van der Waals surface area contributed by atoms with Crippen LogP contribution < -0.4 is 58.2 Å². The van der Waals surface area contributed by atoms with Gasteiger partial charge in [0, 0.05) is 0 Å². The zero-order valence-electron chi connectivity index (χ0n) is 5.89. The van der Waals surface area contributed by atoms with E-state index in [0.29, 0.717) is 0 Å². The molecule has 9 heavy (non-hydrogen) atoms. The monoisotopic (exact) mass is 191 g/mol. The van der Waals surface area contributed by atoms with E-state index in [0.717, 1.165) is 6.42 Å². The van der Waals surface area contributed by atoms with Crippen molar-refractivity contribution >= 4 is 0 Å². The molecule has 0 atom stereocenters. The molecule has 0 fully saturated rings. The molecular formula is C7H8NRb. The van der Waals surface area contributed by atoms with Gasteiger partial charge in [0.05, 0.1) is 0 Å². The fourth-order valence-electron chi connectivity index (χ4n) is 0.551. The molecule has 0 aromatic carbocycles. The Hall–Kier alpha value is 0.955. The maximum Gasteiger partial charge on any atom is 1.00 e. The van der Waals surface area contributed by atoms with Crippen LogP contribution in [0.5, 0.6) is 0 Å². The Labute approximate surface area is 105 Å². The second-order valence-corrected chi connectivity index (χ2v) is 1.62. The van der Waals surface area contributed by atoms with Gasteiger partial charge in [-0.05, 0) is 0 Å². The van der Waals surface area contributed by atoms with Crippen LogP contribution in [0.15, 0.2) is 18.5 Å². The van der Waals surface area contributed by atoms with Crippen molar-refractivity contribution in [3.63, 3.8) is 0 Å². The van der Waals surface area contributed by atoms with E-state index in [4.69, 9.17) is 0 Å². The average Bonchev–Trinajstić information content (AvgIpc) is 1.90. The Morgan fingerprint density at radius 2 is 2.44 bits per heavy atom. The van der Waals surface area contributed by atoms with Gasteiger partial charge < -0.3 is 4.98 Å². The van der Waals surface area contributed by atoms with E-state index >= 15 is 0 Å². The van der Waals surface area contributed by atoms with E-state index in [2.05, 4.69) is 18.0 Å². The van der Waals surface area contributed by atoms with Gasteiger partial charge in [0.15, 0.2) is 0 Å². The Morgan fingerprint density at radius 3 is 2.78 bits per heavy atom. The van der Waals surface area contributed by atoms with E-state index < -0.39 is 0 Å². The number of aryl methyl sites for hydroxylation is 1. The summed E-state index contributed by atoms with van der Waals surface area (Å²) in [7, 11) is 0. The zero-order valence-corrected chi connectivity index (χ0v) is 10.8. The predicted octanol–water partition coefficient (Wildman–Crippen LogP) is -1.55. The number of pyridine rings is 1. The molecule has 0 spiro atoms. The van der Waals surface area contributed by atoms with E-state index in [1.165, 1.54) is 5.56 Å². The fraction of sp³-hybridized carbons (Fsp3) is 0.286. The largest absolute Gasteiger partial charge is 1.00 e. The fourth-order valence-corrected chi connectivity index (χ4v) is 0.551. The first kappa shape index (κ1) is 9.96. The molecule has 1 aromatic rings. The maximum absolute atomic E-state index is 3.92. The van der Waals surface area contributed by atoms with E-state index in [1.807, 2.05) is 12.3 Å². The first-order chi connectivity index (χ1) is 3.93. The van der Waals surface area contributed by atoms with Gasteiger partial charge in [-0.3, -0.25) is 0 Å². The van der Waals surface area contributed by atoms with Gasteiger partial charge >= 0.3 is 58.2 Å². The van der Waals surface area contributed by atoms with E-state index in [-0.39, 0.29) is 58.2 Å². The molecule has 0 bridgehead atoms. The topological polar surface area (TPSA) is 12.9 Å².